The van der Waals surface area contributed by atoms with Gasteiger partial charge in [-0.25, -0.2) is 4.79 Å². The van der Waals surface area contributed by atoms with E-state index in [9.17, 15) is 4.79 Å². The van der Waals surface area contributed by atoms with Crippen LogP contribution < -0.4 is 0 Å². The van der Waals surface area contributed by atoms with E-state index >= 15 is 0 Å². The lowest BCUT2D eigenvalue weighted by Crippen LogP contribution is -2.13. The Labute approximate surface area is 106 Å². The second-order valence-electron chi connectivity index (χ2n) is 4.11. The summed E-state index contributed by atoms with van der Waals surface area (Å²) >= 11 is 0. The van der Waals surface area contributed by atoms with Crippen LogP contribution in [0.4, 0.5) is 0 Å². The Kier molecular flexibility index (Phi) is 3.87. The topological polar surface area (TPSA) is 44.4 Å². The minimum absolute atomic E-state index is 0.297. The number of ether oxygens (including phenoxy) is 1. The first kappa shape index (κ1) is 12.5. The molecule has 0 aliphatic heterocycles. The Morgan fingerprint density at radius 3 is 2.83 bits per heavy atom. The van der Waals surface area contributed by atoms with E-state index in [1.54, 1.807) is 12.3 Å². The highest BCUT2D eigenvalue weighted by Crippen LogP contribution is 2.16. The highest BCUT2D eigenvalue weighted by atomic mass is 16.5. The van der Waals surface area contributed by atoms with Crippen molar-refractivity contribution in [3.63, 3.8) is 0 Å². The maximum atomic E-state index is 11.7. The Balaban J connectivity index is 2.29. The number of carbonyl (C=O) groups is 1. The molecule has 0 aliphatic carbocycles. The summed E-state index contributed by atoms with van der Waals surface area (Å²) in [6, 6.07) is 7.55. The molecule has 4 heteroatoms. The van der Waals surface area contributed by atoms with Crippen LogP contribution in [0.15, 0.2) is 34.9 Å². The third-order valence-electron chi connectivity index (χ3n) is 2.85. The molecule has 0 saturated carbocycles. The van der Waals surface area contributed by atoms with Gasteiger partial charge < -0.3 is 13.7 Å². The van der Waals surface area contributed by atoms with Crippen LogP contribution in [0.5, 0.6) is 0 Å². The van der Waals surface area contributed by atoms with Crippen LogP contribution in [0.1, 0.15) is 35.3 Å². The van der Waals surface area contributed by atoms with Crippen LogP contribution >= 0.6 is 0 Å². The molecule has 0 bridgehead atoms. The monoisotopic (exact) mass is 247 g/mol. The van der Waals surface area contributed by atoms with Gasteiger partial charge in [-0.05, 0) is 30.7 Å². The van der Waals surface area contributed by atoms with Crippen molar-refractivity contribution in [2.45, 2.75) is 26.3 Å². The van der Waals surface area contributed by atoms with Gasteiger partial charge in [-0.1, -0.05) is 6.92 Å². The van der Waals surface area contributed by atoms with Gasteiger partial charge in [0.15, 0.2) is 0 Å². The fourth-order valence-corrected chi connectivity index (χ4v) is 2.03. The van der Waals surface area contributed by atoms with E-state index in [-0.39, 0.29) is 5.97 Å². The summed E-state index contributed by atoms with van der Waals surface area (Å²) in [5.74, 6) is 0.594. The number of furan rings is 1. The van der Waals surface area contributed by atoms with Crippen molar-refractivity contribution < 1.29 is 13.9 Å². The lowest BCUT2D eigenvalue weighted by atomic mass is 10.2. The Bertz CT molecular complexity index is 511. The van der Waals surface area contributed by atoms with Crippen LogP contribution in [-0.2, 0) is 17.7 Å². The van der Waals surface area contributed by atoms with Crippen molar-refractivity contribution in [1.82, 2.24) is 4.57 Å². The summed E-state index contributed by atoms with van der Waals surface area (Å²) < 4.78 is 12.1. The largest absolute Gasteiger partial charge is 0.469 e. The first-order chi connectivity index (χ1) is 8.76. The fourth-order valence-electron chi connectivity index (χ4n) is 2.03. The molecule has 0 aromatic carbocycles. The second-order valence-corrected chi connectivity index (χ2v) is 4.11. The molecule has 0 fully saturated rings. The minimum atomic E-state index is -0.297. The summed E-state index contributed by atoms with van der Waals surface area (Å²) in [4.78, 5) is 11.7. The zero-order chi connectivity index (χ0) is 13.0. The lowest BCUT2D eigenvalue weighted by molar-refractivity contribution is 0.0588. The van der Waals surface area contributed by atoms with Gasteiger partial charge in [0.25, 0.3) is 0 Å². The van der Waals surface area contributed by atoms with Gasteiger partial charge in [-0.2, -0.15) is 0 Å². The second kappa shape index (κ2) is 5.58. The van der Waals surface area contributed by atoms with Crippen LogP contribution in [0.25, 0.3) is 0 Å². The molecule has 2 heterocycles. The van der Waals surface area contributed by atoms with Crippen molar-refractivity contribution in [2.24, 2.45) is 0 Å². The van der Waals surface area contributed by atoms with Gasteiger partial charge in [-0.15, -0.1) is 0 Å². The van der Waals surface area contributed by atoms with Gasteiger partial charge >= 0.3 is 5.97 Å². The molecule has 2 aromatic rings. The number of rotatable bonds is 5. The predicted octanol–water partition coefficient (Wildman–Crippen LogP) is 2.87. The number of carbonyl (C=O) groups excluding carboxylic acids is 1. The standard InChI is InChI=1S/C14H17NO3/c1-3-8-15-11(10-12-5-4-9-18-12)6-7-13(15)14(16)17-2/h4-7,9H,3,8,10H2,1-2H3. The molecule has 0 saturated heterocycles. The molecular formula is C14H17NO3. The van der Waals surface area contributed by atoms with Crippen molar-refractivity contribution in [3.05, 3.63) is 47.7 Å². The quantitative estimate of drug-likeness (QED) is 0.763. The predicted molar refractivity (Wildman–Crippen MR) is 67.6 cm³/mol. The fraction of sp³-hybridized carbons (Fsp3) is 0.357. The third kappa shape index (κ3) is 2.47. The van der Waals surface area contributed by atoms with Crippen LogP contribution in [0, 0.1) is 0 Å². The number of hydrogen-bond donors (Lipinski definition) is 0. The maximum Gasteiger partial charge on any atom is 0.354 e. The number of aromatic nitrogens is 1. The van der Waals surface area contributed by atoms with E-state index in [1.807, 2.05) is 22.8 Å². The summed E-state index contributed by atoms with van der Waals surface area (Å²) in [5, 5.41) is 0. The summed E-state index contributed by atoms with van der Waals surface area (Å²) in [7, 11) is 1.40. The molecule has 18 heavy (non-hydrogen) atoms. The molecule has 96 valence electrons. The van der Waals surface area contributed by atoms with Crippen molar-refractivity contribution in [3.8, 4) is 0 Å². The number of methoxy groups -OCH3 is 1. The van der Waals surface area contributed by atoms with Crippen LogP contribution in [0.3, 0.4) is 0 Å². The number of esters is 1. The van der Waals surface area contributed by atoms with E-state index in [1.165, 1.54) is 7.11 Å². The van der Waals surface area contributed by atoms with Gasteiger partial charge in [0.2, 0.25) is 0 Å². The van der Waals surface area contributed by atoms with Crippen molar-refractivity contribution >= 4 is 5.97 Å². The average molecular weight is 247 g/mol. The summed E-state index contributed by atoms with van der Waals surface area (Å²) in [5.41, 5.74) is 1.66. The van der Waals surface area contributed by atoms with E-state index in [0.717, 1.165) is 24.4 Å². The molecule has 0 spiro atoms. The number of hydrogen-bond acceptors (Lipinski definition) is 3. The molecule has 0 N–H and O–H groups in total. The van der Waals surface area contributed by atoms with E-state index in [2.05, 4.69) is 6.92 Å². The number of nitrogens with zero attached hydrogens (tertiary/aromatic N) is 1. The van der Waals surface area contributed by atoms with Gasteiger partial charge in [0.1, 0.15) is 11.5 Å². The van der Waals surface area contributed by atoms with Gasteiger partial charge in [0.05, 0.1) is 13.4 Å². The normalized spacial score (nSPS) is 10.6. The molecule has 0 atom stereocenters. The molecule has 0 amide bonds. The molecule has 4 nitrogen and oxygen atoms in total. The Morgan fingerprint density at radius 1 is 1.39 bits per heavy atom. The van der Waals surface area contributed by atoms with Crippen LogP contribution in [-0.4, -0.2) is 17.6 Å². The summed E-state index contributed by atoms with van der Waals surface area (Å²) in [6.07, 6.45) is 3.30. The zero-order valence-corrected chi connectivity index (χ0v) is 10.7. The SMILES string of the molecule is CCCn1c(Cc2ccco2)ccc1C(=O)OC. The van der Waals surface area contributed by atoms with Gasteiger partial charge in [-0.3, -0.25) is 0 Å². The van der Waals surface area contributed by atoms with E-state index in [0.29, 0.717) is 12.1 Å². The van der Waals surface area contributed by atoms with Crippen LogP contribution in [0.2, 0.25) is 0 Å². The minimum Gasteiger partial charge on any atom is -0.469 e. The Morgan fingerprint density at radius 2 is 2.22 bits per heavy atom. The summed E-state index contributed by atoms with van der Waals surface area (Å²) in [6.45, 7) is 2.88. The first-order valence-corrected chi connectivity index (χ1v) is 6.05. The highest BCUT2D eigenvalue weighted by molar-refractivity contribution is 5.87. The zero-order valence-electron chi connectivity index (χ0n) is 10.7. The molecule has 2 aromatic heterocycles. The molecule has 0 unspecified atom stereocenters. The third-order valence-corrected chi connectivity index (χ3v) is 2.85. The molecule has 0 radical (unpaired) electrons. The lowest BCUT2D eigenvalue weighted by Gasteiger charge is -2.10. The molecular weight excluding hydrogens is 230 g/mol. The van der Waals surface area contributed by atoms with Crippen molar-refractivity contribution in [1.29, 1.82) is 0 Å². The van der Waals surface area contributed by atoms with Crippen molar-refractivity contribution in [2.75, 3.05) is 7.11 Å². The van der Waals surface area contributed by atoms with Gasteiger partial charge in [0, 0.05) is 18.7 Å². The molecule has 0 aliphatic rings. The smallest absolute Gasteiger partial charge is 0.354 e. The van der Waals surface area contributed by atoms with E-state index in [4.69, 9.17) is 9.15 Å². The molecule has 2 rings (SSSR count). The Hall–Kier alpha value is -1.97. The van der Waals surface area contributed by atoms with E-state index < -0.39 is 0 Å². The average Bonchev–Trinajstić information content (AvgIpc) is 3.01. The maximum absolute atomic E-state index is 11.7. The highest BCUT2D eigenvalue weighted by Gasteiger charge is 2.15. The first-order valence-electron chi connectivity index (χ1n) is 6.05.